The molecule has 2 rings (SSSR count). The van der Waals surface area contributed by atoms with E-state index < -0.39 is 5.82 Å². The lowest BCUT2D eigenvalue weighted by Gasteiger charge is -2.25. The van der Waals surface area contributed by atoms with Crippen LogP contribution in [-0.4, -0.2) is 37.2 Å². The van der Waals surface area contributed by atoms with Crippen LogP contribution in [0.4, 0.5) is 4.39 Å². The summed E-state index contributed by atoms with van der Waals surface area (Å²) in [7, 11) is 3.83. The molecule has 1 atom stereocenters. The molecule has 2 aromatic carbocycles. The lowest BCUT2D eigenvalue weighted by molar-refractivity contribution is -0.121. The summed E-state index contributed by atoms with van der Waals surface area (Å²) in [6.07, 6.45) is -0.0145. The van der Waals surface area contributed by atoms with Gasteiger partial charge >= 0.3 is 0 Å². The first-order chi connectivity index (χ1) is 12.4. The third-order valence-electron chi connectivity index (χ3n) is 4.10. The Balaban J connectivity index is 1.89. The van der Waals surface area contributed by atoms with Crippen molar-refractivity contribution in [3.05, 3.63) is 70.5 Å². The van der Waals surface area contributed by atoms with E-state index in [0.29, 0.717) is 11.6 Å². The van der Waals surface area contributed by atoms with Crippen LogP contribution in [0.25, 0.3) is 0 Å². The number of hydrogen-bond donors (Lipinski definition) is 1. The number of nitrogens with zero attached hydrogens (tertiary/aromatic N) is 1. The van der Waals surface area contributed by atoms with Gasteiger partial charge in [0.1, 0.15) is 5.82 Å². The van der Waals surface area contributed by atoms with E-state index in [0.717, 1.165) is 5.56 Å². The normalized spacial score (nSPS) is 12.0. The van der Waals surface area contributed by atoms with Crippen LogP contribution in [0, 0.1) is 5.82 Å². The second kappa shape index (κ2) is 9.46. The Labute approximate surface area is 158 Å². The van der Waals surface area contributed by atoms with Crippen molar-refractivity contribution in [1.29, 1.82) is 0 Å². The first-order valence-corrected chi connectivity index (χ1v) is 8.72. The molecule has 0 aliphatic carbocycles. The monoisotopic (exact) mass is 376 g/mol. The topological polar surface area (TPSA) is 49.4 Å². The summed E-state index contributed by atoms with van der Waals surface area (Å²) in [6.45, 7) is 0.389. The largest absolute Gasteiger partial charge is 0.354 e. The lowest BCUT2D eigenvalue weighted by Crippen LogP contribution is -2.34. The molecule has 0 radical (unpaired) electrons. The number of halogens is 2. The number of carbonyl (C=O) groups excluding carboxylic acids is 2. The molecule has 6 heteroatoms. The molecule has 1 N–H and O–H groups in total. The molecule has 2 aromatic rings. The molecule has 0 spiro atoms. The molecule has 0 aliphatic rings. The van der Waals surface area contributed by atoms with Crippen LogP contribution in [0.15, 0.2) is 48.5 Å². The molecule has 0 heterocycles. The van der Waals surface area contributed by atoms with E-state index in [4.69, 9.17) is 11.6 Å². The van der Waals surface area contributed by atoms with Crippen LogP contribution in [0.2, 0.25) is 5.02 Å². The van der Waals surface area contributed by atoms with Gasteiger partial charge in [-0.25, -0.2) is 4.39 Å². The summed E-state index contributed by atoms with van der Waals surface area (Å²) in [4.78, 5) is 26.1. The Morgan fingerprint density at radius 3 is 2.50 bits per heavy atom. The van der Waals surface area contributed by atoms with E-state index in [-0.39, 0.29) is 36.1 Å². The Bertz CT molecular complexity index is 780. The number of benzene rings is 2. The number of nitrogens with one attached hydrogen (secondary N) is 1. The zero-order valence-corrected chi connectivity index (χ0v) is 15.6. The van der Waals surface area contributed by atoms with Gasteiger partial charge in [-0.15, -0.1) is 0 Å². The fraction of sp³-hybridized carbons (Fsp3) is 0.300. The minimum Gasteiger partial charge on any atom is -0.354 e. The van der Waals surface area contributed by atoms with Crippen molar-refractivity contribution in [2.45, 2.75) is 18.9 Å². The quantitative estimate of drug-likeness (QED) is 0.712. The van der Waals surface area contributed by atoms with Crippen molar-refractivity contribution in [1.82, 2.24) is 10.2 Å². The van der Waals surface area contributed by atoms with Gasteiger partial charge in [0, 0.05) is 24.4 Å². The highest BCUT2D eigenvalue weighted by molar-refractivity contribution is 6.30. The second-order valence-corrected chi connectivity index (χ2v) is 6.68. The predicted octanol–water partition coefficient (Wildman–Crippen LogP) is 3.86. The third kappa shape index (κ3) is 5.64. The van der Waals surface area contributed by atoms with Gasteiger partial charge < -0.3 is 10.2 Å². The van der Waals surface area contributed by atoms with E-state index >= 15 is 0 Å². The molecule has 138 valence electrons. The summed E-state index contributed by atoms with van der Waals surface area (Å²) in [6, 6.07) is 13.2. The minimum absolute atomic E-state index is 0.0167. The Hall–Kier alpha value is -2.24. The third-order valence-corrected chi connectivity index (χ3v) is 4.34. The van der Waals surface area contributed by atoms with Gasteiger partial charge in [0.25, 0.3) is 0 Å². The summed E-state index contributed by atoms with van der Waals surface area (Å²) in [5, 5.41) is 3.47. The number of hydrogen-bond acceptors (Lipinski definition) is 3. The molecule has 0 fully saturated rings. The highest BCUT2D eigenvalue weighted by atomic mass is 35.5. The Kier molecular flexibility index (Phi) is 7.30. The average molecular weight is 377 g/mol. The zero-order valence-electron chi connectivity index (χ0n) is 14.8. The Morgan fingerprint density at radius 2 is 1.85 bits per heavy atom. The molecule has 1 amide bonds. The predicted molar refractivity (Wildman–Crippen MR) is 101 cm³/mol. The van der Waals surface area contributed by atoms with Crippen LogP contribution in [0.3, 0.4) is 0 Å². The fourth-order valence-corrected chi connectivity index (χ4v) is 2.86. The molecule has 0 saturated heterocycles. The van der Waals surface area contributed by atoms with E-state index in [1.807, 2.05) is 37.2 Å². The van der Waals surface area contributed by atoms with Crippen LogP contribution in [0.5, 0.6) is 0 Å². The van der Waals surface area contributed by atoms with Crippen molar-refractivity contribution in [3.63, 3.8) is 0 Å². The summed E-state index contributed by atoms with van der Waals surface area (Å²) >= 11 is 6.04. The first-order valence-electron chi connectivity index (χ1n) is 8.35. The van der Waals surface area contributed by atoms with E-state index in [1.165, 1.54) is 18.2 Å². The van der Waals surface area contributed by atoms with Crippen LogP contribution in [0.1, 0.15) is 34.8 Å². The maximum Gasteiger partial charge on any atom is 0.220 e. The van der Waals surface area contributed by atoms with Crippen LogP contribution in [-0.2, 0) is 4.79 Å². The van der Waals surface area contributed by atoms with Crippen molar-refractivity contribution in [2.24, 2.45) is 0 Å². The number of rotatable bonds is 8. The van der Waals surface area contributed by atoms with Gasteiger partial charge in [0.05, 0.1) is 11.6 Å². The number of likely N-dealkylation sites (N-methyl/N-ethyl adjacent to an activating group) is 1. The number of Topliss-reactive ketones (excluding diaryl/α,β-unsaturated/α-hetero) is 1. The molecule has 1 unspecified atom stereocenters. The van der Waals surface area contributed by atoms with Crippen LogP contribution < -0.4 is 5.32 Å². The van der Waals surface area contributed by atoms with Crippen molar-refractivity contribution in [2.75, 3.05) is 20.6 Å². The maximum atomic E-state index is 13.6. The molecule has 0 aromatic heterocycles. The van der Waals surface area contributed by atoms with Crippen molar-refractivity contribution in [3.8, 4) is 0 Å². The number of ketones is 1. The van der Waals surface area contributed by atoms with Gasteiger partial charge in [-0.05, 0) is 43.9 Å². The molecule has 0 saturated carbocycles. The average Bonchev–Trinajstić information content (AvgIpc) is 2.60. The summed E-state index contributed by atoms with van der Waals surface area (Å²) < 4.78 is 13.6. The highest BCUT2D eigenvalue weighted by Crippen LogP contribution is 2.21. The fourth-order valence-electron chi connectivity index (χ4n) is 2.66. The molecular formula is C20H22ClFN2O2. The van der Waals surface area contributed by atoms with Crippen molar-refractivity contribution < 1.29 is 14.0 Å². The number of carbonyl (C=O) groups is 2. The SMILES string of the molecule is CN(C)C(CNC(=O)CCC(=O)c1ccccc1F)c1cccc(Cl)c1. The lowest BCUT2D eigenvalue weighted by atomic mass is 10.0. The van der Waals surface area contributed by atoms with Gasteiger partial charge in [0.15, 0.2) is 5.78 Å². The molecule has 4 nitrogen and oxygen atoms in total. The maximum absolute atomic E-state index is 13.6. The van der Waals surface area contributed by atoms with E-state index in [1.54, 1.807) is 12.1 Å². The van der Waals surface area contributed by atoms with Gasteiger partial charge in [-0.1, -0.05) is 35.9 Å². The zero-order chi connectivity index (χ0) is 19.1. The van der Waals surface area contributed by atoms with E-state index in [2.05, 4.69) is 5.32 Å². The summed E-state index contributed by atoms with van der Waals surface area (Å²) in [5.41, 5.74) is 1.01. The van der Waals surface area contributed by atoms with Gasteiger partial charge in [0.2, 0.25) is 5.91 Å². The smallest absolute Gasteiger partial charge is 0.220 e. The molecular weight excluding hydrogens is 355 g/mol. The second-order valence-electron chi connectivity index (χ2n) is 6.24. The van der Waals surface area contributed by atoms with Crippen LogP contribution >= 0.6 is 11.6 Å². The van der Waals surface area contributed by atoms with Crippen molar-refractivity contribution >= 4 is 23.3 Å². The molecule has 26 heavy (non-hydrogen) atoms. The standard InChI is InChI=1S/C20H22ClFN2O2/c1-24(2)18(14-6-5-7-15(21)12-14)13-23-20(26)11-10-19(25)16-8-3-4-9-17(16)22/h3-9,12,18H,10-11,13H2,1-2H3,(H,23,26). The first kappa shape index (κ1) is 20.1. The minimum atomic E-state index is -0.563. The highest BCUT2D eigenvalue weighted by Gasteiger charge is 2.17. The van der Waals surface area contributed by atoms with Gasteiger partial charge in [-0.2, -0.15) is 0 Å². The molecule has 0 bridgehead atoms. The molecule has 0 aliphatic heterocycles. The Morgan fingerprint density at radius 1 is 1.12 bits per heavy atom. The number of amides is 1. The van der Waals surface area contributed by atoms with E-state index in [9.17, 15) is 14.0 Å². The van der Waals surface area contributed by atoms with Gasteiger partial charge in [-0.3, -0.25) is 9.59 Å². The summed E-state index contributed by atoms with van der Waals surface area (Å²) in [5.74, 6) is -1.19.